The smallest absolute Gasteiger partial charge is 0.0348 e. The second kappa shape index (κ2) is 24.5. The number of unbranched alkanes of at least 4 members (excludes halogenated alkanes) is 20. The molecule has 0 unspecified atom stereocenters. The minimum absolute atomic E-state index is 1.23. The molecule has 0 aliphatic rings. The molecule has 0 amide bonds. The van der Waals surface area contributed by atoms with Crippen LogP contribution in [0, 0.1) is 0 Å². The van der Waals surface area contributed by atoms with Crippen molar-refractivity contribution in [1.82, 2.24) is 0 Å². The third-order valence-electron chi connectivity index (χ3n) is 5.50. The summed E-state index contributed by atoms with van der Waals surface area (Å²) in [7, 11) is 0. The summed E-state index contributed by atoms with van der Waals surface area (Å²) in [6.45, 7) is 6.00. The highest BCUT2D eigenvalue weighted by molar-refractivity contribution is 4.96. The summed E-state index contributed by atoms with van der Waals surface area (Å²) in [6, 6.07) is 0. The van der Waals surface area contributed by atoms with Crippen LogP contribution in [0.3, 0.4) is 0 Å². The molecule has 0 aromatic rings. The molecule has 0 bridgehead atoms. The van der Waals surface area contributed by atoms with Crippen molar-refractivity contribution in [2.45, 2.75) is 142 Å². The first-order valence-electron chi connectivity index (χ1n) is 12.2. The summed E-state index contributed by atoms with van der Waals surface area (Å²) in [5, 5.41) is 0. The first kappa shape index (κ1) is 25.5. The maximum Gasteiger partial charge on any atom is -0.0348 e. The van der Waals surface area contributed by atoms with E-state index in [1.165, 1.54) is 135 Å². The molecule has 0 aromatic carbocycles. The van der Waals surface area contributed by atoms with E-state index < -0.39 is 0 Å². The molecule has 0 fully saturated rings. The predicted molar refractivity (Wildman–Crippen MR) is 122 cm³/mol. The van der Waals surface area contributed by atoms with E-state index in [1.807, 2.05) is 6.08 Å². The molecule has 0 aliphatic heterocycles. The van der Waals surface area contributed by atoms with Gasteiger partial charge in [0, 0.05) is 0 Å². The van der Waals surface area contributed by atoms with Crippen molar-refractivity contribution in [2.75, 3.05) is 0 Å². The van der Waals surface area contributed by atoms with Crippen molar-refractivity contribution in [2.24, 2.45) is 0 Å². The van der Waals surface area contributed by atoms with E-state index in [0.29, 0.717) is 0 Å². The van der Waals surface area contributed by atoms with Crippen molar-refractivity contribution in [3.05, 3.63) is 24.8 Å². The molecule has 26 heavy (non-hydrogen) atoms. The average molecular weight is 363 g/mol. The van der Waals surface area contributed by atoms with Crippen LogP contribution in [-0.2, 0) is 0 Å². The van der Waals surface area contributed by atoms with Gasteiger partial charge in [0.15, 0.2) is 0 Å². The van der Waals surface area contributed by atoms with Gasteiger partial charge >= 0.3 is 0 Å². The van der Waals surface area contributed by atoms with Crippen LogP contribution in [0.5, 0.6) is 0 Å². The zero-order valence-corrected chi connectivity index (χ0v) is 18.3. The Morgan fingerprint density at radius 1 is 0.462 bits per heavy atom. The zero-order chi connectivity index (χ0) is 19.0. The third-order valence-corrected chi connectivity index (χ3v) is 5.50. The van der Waals surface area contributed by atoms with Crippen LogP contribution in [-0.4, -0.2) is 0 Å². The van der Waals surface area contributed by atoms with Crippen LogP contribution < -0.4 is 0 Å². The summed E-state index contributed by atoms with van der Waals surface area (Å²) < 4.78 is 0. The molecular formula is C26H50. The number of hydrogen-bond donors (Lipinski definition) is 0. The fourth-order valence-electron chi connectivity index (χ4n) is 3.71. The fourth-order valence-corrected chi connectivity index (χ4v) is 3.71. The molecule has 0 radical (unpaired) electrons. The van der Waals surface area contributed by atoms with Gasteiger partial charge in [-0.2, -0.15) is 0 Å². The molecule has 0 saturated heterocycles. The van der Waals surface area contributed by atoms with E-state index in [-0.39, 0.29) is 0 Å². The Bertz CT molecular complexity index is 276. The lowest BCUT2D eigenvalue weighted by Crippen LogP contribution is -1.84. The minimum Gasteiger partial charge on any atom is -0.0991 e. The average Bonchev–Trinajstić information content (AvgIpc) is 2.66. The molecule has 0 N–H and O–H groups in total. The van der Waals surface area contributed by atoms with E-state index >= 15 is 0 Å². The van der Waals surface area contributed by atoms with Gasteiger partial charge in [0.1, 0.15) is 0 Å². The van der Waals surface area contributed by atoms with Gasteiger partial charge in [-0.05, 0) is 12.8 Å². The molecule has 0 saturated carbocycles. The highest BCUT2D eigenvalue weighted by Crippen LogP contribution is 2.15. The maximum atomic E-state index is 3.70. The van der Waals surface area contributed by atoms with Gasteiger partial charge in [0.05, 0.1) is 0 Å². The number of allylic oxidation sites excluding steroid dienone is 3. The molecule has 0 aliphatic carbocycles. The van der Waals surface area contributed by atoms with Crippen molar-refractivity contribution in [1.29, 1.82) is 0 Å². The minimum atomic E-state index is 1.23. The van der Waals surface area contributed by atoms with Gasteiger partial charge in [-0.25, -0.2) is 0 Å². The highest BCUT2D eigenvalue weighted by atomic mass is 14.0. The maximum absolute atomic E-state index is 3.70. The van der Waals surface area contributed by atoms with Crippen molar-refractivity contribution < 1.29 is 0 Å². The van der Waals surface area contributed by atoms with E-state index in [0.717, 1.165) is 0 Å². The highest BCUT2D eigenvalue weighted by Gasteiger charge is 1.95. The van der Waals surface area contributed by atoms with Crippen LogP contribution in [0.4, 0.5) is 0 Å². The SMILES string of the molecule is C=CC=CCCCCCCCCCCCCCCCCCCCCCC. The Labute approximate surface area is 166 Å². The van der Waals surface area contributed by atoms with Crippen molar-refractivity contribution in [3.63, 3.8) is 0 Å². The number of rotatable bonds is 22. The molecule has 0 heterocycles. The van der Waals surface area contributed by atoms with E-state index in [1.54, 1.807) is 0 Å². The fraction of sp³-hybridized carbons (Fsp3) is 0.846. The number of hydrogen-bond acceptors (Lipinski definition) is 0. The Balaban J connectivity index is 2.99. The molecule has 0 rings (SSSR count). The van der Waals surface area contributed by atoms with Gasteiger partial charge in [-0.1, -0.05) is 154 Å². The summed E-state index contributed by atoms with van der Waals surface area (Å²) in [5.74, 6) is 0. The normalized spacial score (nSPS) is 11.4. The van der Waals surface area contributed by atoms with Gasteiger partial charge in [-0.15, -0.1) is 0 Å². The summed E-state index contributed by atoms with van der Waals surface area (Å²) in [4.78, 5) is 0. The second-order valence-corrected chi connectivity index (χ2v) is 8.17. The predicted octanol–water partition coefficient (Wildman–Crippen LogP) is 9.94. The zero-order valence-electron chi connectivity index (χ0n) is 18.3. The molecular weight excluding hydrogens is 312 g/mol. The van der Waals surface area contributed by atoms with Crippen LogP contribution in [0.25, 0.3) is 0 Å². The van der Waals surface area contributed by atoms with Crippen LogP contribution >= 0.6 is 0 Å². The lowest BCUT2D eigenvalue weighted by atomic mass is 10.0. The van der Waals surface area contributed by atoms with Gasteiger partial charge < -0.3 is 0 Å². The lowest BCUT2D eigenvalue weighted by Gasteiger charge is -2.04. The molecule has 0 heteroatoms. The molecule has 0 aromatic heterocycles. The quantitative estimate of drug-likeness (QED) is 0.133. The van der Waals surface area contributed by atoms with Gasteiger partial charge in [-0.3, -0.25) is 0 Å². The summed E-state index contributed by atoms with van der Waals surface area (Å²) in [6.07, 6.45) is 36.5. The van der Waals surface area contributed by atoms with Crippen molar-refractivity contribution in [3.8, 4) is 0 Å². The first-order valence-corrected chi connectivity index (χ1v) is 12.2. The van der Waals surface area contributed by atoms with E-state index in [2.05, 4.69) is 25.7 Å². The third kappa shape index (κ3) is 23.5. The van der Waals surface area contributed by atoms with Crippen LogP contribution in [0.1, 0.15) is 142 Å². The Morgan fingerprint density at radius 3 is 1.08 bits per heavy atom. The second-order valence-electron chi connectivity index (χ2n) is 8.17. The summed E-state index contributed by atoms with van der Waals surface area (Å²) >= 11 is 0. The van der Waals surface area contributed by atoms with E-state index in [4.69, 9.17) is 0 Å². The largest absolute Gasteiger partial charge is 0.0991 e. The van der Waals surface area contributed by atoms with Crippen LogP contribution in [0.2, 0.25) is 0 Å². The standard InChI is InChI=1S/C26H50/c1-3-5-7-9-11-13-15-17-19-21-23-25-26-24-22-20-18-16-14-12-10-8-6-4-2/h3,5,7H,1,4,6,8-26H2,2H3. The first-order chi connectivity index (χ1) is 12.9. The summed E-state index contributed by atoms with van der Waals surface area (Å²) in [5.41, 5.74) is 0. The Morgan fingerprint density at radius 2 is 0.769 bits per heavy atom. The van der Waals surface area contributed by atoms with Gasteiger partial charge in [0.25, 0.3) is 0 Å². The molecule has 0 nitrogen and oxygen atoms in total. The topological polar surface area (TPSA) is 0 Å². The molecule has 0 atom stereocenters. The van der Waals surface area contributed by atoms with Crippen molar-refractivity contribution >= 4 is 0 Å². The monoisotopic (exact) mass is 362 g/mol. The Kier molecular flexibility index (Phi) is 24.0. The molecule has 154 valence electrons. The Hall–Kier alpha value is -0.520. The van der Waals surface area contributed by atoms with E-state index in [9.17, 15) is 0 Å². The van der Waals surface area contributed by atoms with Crippen LogP contribution in [0.15, 0.2) is 24.8 Å². The lowest BCUT2D eigenvalue weighted by molar-refractivity contribution is 0.522. The van der Waals surface area contributed by atoms with Gasteiger partial charge in [0.2, 0.25) is 0 Å². The molecule has 0 spiro atoms.